The molecule has 1 atom stereocenters. The van der Waals surface area contributed by atoms with E-state index in [4.69, 9.17) is 0 Å². The van der Waals surface area contributed by atoms with Crippen molar-refractivity contribution in [1.82, 2.24) is 19.6 Å². The standard InChI is InChI=1S/C18H28N4O3/c23-16(14-22-11-4-8-19-22)20-9-5-10-21(13-12-20)18(25)17(24)15-6-2-1-3-7-15/h4,8,11,15,17,24H,1-3,5-7,9-10,12-14H2/t17-/m1/s1. The van der Waals surface area contributed by atoms with E-state index in [1.54, 1.807) is 32.9 Å². The number of carbonyl (C=O) groups is 2. The first-order chi connectivity index (χ1) is 12.1. The number of amides is 2. The number of aromatic nitrogens is 2. The normalized spacial score (nSPS) is 21.0. The summed E-state index contributed by atoms with van der Waals surface area (Å²) in [4.78, 5) is 28.6. The maximum atomic E-state index is 12.6. The Morgan fingerprint density at radius 1 is 1.04 bits per heavy atom. The van der Waals surface area contributed by atoms with E-state index >= 15 is 0 Å². The lowest BCUT2D eigenvalue weighted by molar-refractivity contribution is -0.144. The van der Waals surface area contributed by atoms with Crippen LogP contribution in [0.1, 0.15) is 38.5 Å². The lowest BCUT2D eigenvalue weighted by atomic mass is 9.85. The van der Waals surface area contributed by atoms with Crippen molar-refractivity contribution < 1.29 is 14.7 Å². The van der Waals surface area contributed by atoms with Gasteiger partial charge in [0.1, 0.15) is 12.6 Å². The molecular weight excluding hydrogens is 320 g/mol. The fraction of sp³-hybridized carbons (Fsp3) is 0.722. The van der Waals surface area contributed by atoms with Crippen LogP contribution in [0.15, 0.2) is 18.5 Å². The van der Waals surface area contributed by atoms with Gasteiger partial charge >= 0.3 is 0 Å². The molecule has 0 unspecified atom stereocenters. The quantitative estimate of drug-likeness (QED) is 0.876. The van der Waals surface area contributed by atoms with Crippen LogP contribution in [0.4, 0.5) is 0 Å². The summed E-state index contributed by atoms with van der Waals surface area (Å²) < 4.78 is 1.61. The van der Waals surface area contributed by atoms with Crippen molar-refractivity contribution in [2.45, 2.75) is 51.2 Å². The molecule has 2 fully saturated rings. The topological polar surface area (TPSA) is 78.7 Å². The molecule has 2 heterocycles. The van der Waals surface area contributed by atoms with Crippen molar-refractivity contribution in [1.29, 1.82) is 0 Å². The summed E-state index contributed by atoms with van der Waals surface area (Å²) in [7, 11) is 0. The van der Waals surface area contributed by atoms with Crippen molar-refractivity contribution in [2.75, 3.05) is 26.2 Å². The lowest BCUT2D eigenvalue weighted by Crippen LogP contribution is -2.45. The third-order valence-electron chi connectivity index (χ3n) is 5.37. The Kier molecular flexibility index (Phi) is 6.07. The highest BCUT2D eigenvalue weighted by atomic mass is 16.3. The van der Waals surface area contributed by atoms with Crippen molar-refractivity contribution >= 4 is 11.8 Å². The molecule has 1 saturated heterocycles. The molecule has 2 aliphatic rings. The number of aliphatic hydroxyl groups excluding tert-OH is 1. The Labute approximate surface area is 148 Å². The highest BCUT2D eigenvalue weighted by molar-refractivity contribution is 5.81. The number of rotatable bonds is 4. The van der Waals surface area contributed by atoms with Gasteiger partial charge in [-0.2, -0.15) is 5.10 Å². The summed E-state index contributed by atoms with van der Waals surface area (Å²) in [5.41, 5.74) is 0. The van der Waals surface area contributed by atoms with E-state index in [0.29, 0.717) is 26.2 Å². The maximum absolute atomic E-state index is 12.6. The minimum atomic E-state index is -0.883. The van der Waals surface area contributed by atoms with E-state index in [2.05, 4.69) is 5.10 Å². The predicted molar refractivity (Wildman–Crippen MR) is 92.6 cm³/mol. The molecule has 1 aromatic rings. The SMILES string of the molecule is O=C(Cn1cccn1)N1CCCN(C(=O)[C@H](O)C2CCCCC2)CC1. The van der Waals surface area contributed by atoms with Gasteiger partial charge in [0.2, 0.25) is 5.91 Å². The van der Waals surface area contributed by atoms with Gasteiger partial charge in [0.15, 0.2) is 0 Å². The van der Waals surface area contributed by atoms with Crippen LogP contribution < -0.4 is 0 Å². The fourth-order valence-electron chi connectivity index (χ4n) is 3.86. The summed E-state index contributed by atoms with van der Waals surface area (Å²) in [6.45, 7) is 2.49. The predicted octanol–water partition coefficient (Wildman–Crippen LogP) is 0.885. The smallest absolute Gasteiger partial charge is 0.251 e. The Morgan fingerprint density at radius 3 is 2.48 bits per heavy atom. The third-order valence-corrected chi connectivity index (χ3v) is 5.37. The van der Waals surface area contributed by atoms with E-state index in [1.807, 2.05) is 0 Å². The highest BCUT2D eigenvalue weighted by Gasteiger charge is 2.32. The van der Waals surface area contributed by atoms with Gasteiger partial charge in [0.05, 0.1) is 0 Å². The molecule has 1 aromatic heterocycles. The number of hydrogen-bond donors (Lipinski definition) is 1. The summed E-state index contributed by atoms with van der Waals surface area (Å²) in [5.74, 6) is -0.0406. The van der Waals surface area contributed by atoms with Crippen LogP contribution in [0, 0.1) is 5.92 Å². The molecule has 138 valence electrons. The van der Waals surface area contributed by atoms with Crippen molar-refractivity contribution in [3.63, 3.8) is 0 Å². The van der Waals surface area contributed by atoms with Crippen LogP contribution in [0.5, 0.6) is 0 Å². The van der Waals surface area contributed by atoms with Crippen LogP contribution in [0.3, 0.4) is 0 Å². The zero-order valence-electron chi connectivity index (χ0n) is 14.7. The molecule has 25 heavy (non-hydrogen) atoms. The third kappa shape index (κ3) is 4.60. The zero-order valence-corrected chi connectivity index (χ0v) is 14.7. The number of hydrogen-bond acceptors (Lipinski definition) is 4. The van der Waals surface area contributed by atoms with Gasteiger partial charge in [-0.3, -0.25) is 14.3 Å². The second-order valence-corrected chi connectivity index (χ2v) is 7.11. The molecule has 2 amide bonds. The zero-order chi connectivity index (χ0) is 17.6. The molecule has 0 bridgehead atoms. The second kappa shape index (κ2) is 8.47. The van der Waals surface area contributed by atoms with Crippen LogP contribution in [-0.2, 0) is 16.1 Å². The lowest BCUT2D eigenvalue weighted by Gasteiger charge is -2.30. The summed E-state index contributed by atoms with van der Waals surface area (Å²) in [5, 5.41) is 14.5. The fourth-order valence-corrected chi connectivity index (χ4v) is 3.86. The van der Waals surface area contributed by atoms with Crippen LogP contribution in [0.25, 0.3) is 0 Å². The second-order valence-electron chi connectivity index (χ2n) is 7.11. The summed E-state index contributed by atoms with van der Waals surface area (Å²) in [6.07, 6.45) is 8.57. The largest absolute Gasteiger partial charge is 0.383 e. The molecule has 1 N–H and O–H groups in total. The Hall–Kier alpha value is -1.89. The van der Waals surface area contributed by atoms with E-state index in [1.165, 1.54) is 6.42 Å². The first-order valence-corrected chi connectivity index (χ1v) is 9.37. The summed E-state index contributed by atoms with van der Waals surface area (Å²) >= 11 is 0. The van der Waals surface area contributed by atoms with E-state index < -0.39 is 6.10 Å². The van der Waals surface area contributed by atoms with Gasteiger partial charge in [-0.1, -0.05) is 19.3 Å². The molecular formula is C18H28N4O3. The van der Waals surface area contributed by atoms with Gasteiger partial charge < -0.3 is 14.9 Å². The molecule has 7 heteroatoms. The van der Waals surface area contributed by atoms with Crippen molar-refractivity contribution in [3.8, 4) is 0 Å². The van der Waals surface area contributed by atoms with Crippen molar-refractivity contribution in [2.24, 2.45) is 5.92 Å². The number of nitrogens with zero attached hydrogens (tertiary/aromatic N) is 4. The van der Waals surface area contributed by atoms with E-state index in [-0.39, 0.29) is 24.3 Å². The maximum Gasteiger partial charge on any atom is 0.251 e. The van der Waals surface area contributed by atoms with Gasteiger partial charge in [0.25, 0.3) is 5.91 Å². The molecule has 0 aromatic carbocycles. The first kappa shape index (κ1) is 17.9. The molecule has 7 nitrogen and oxygen atoms in total. The van der Waals surface area contributed by atoms with E-state index in [9.17, 15) is 14.7 Å². The van der Waals surface area contributed by atoms with Crippen LogP contribution in [-0.4, -0.2) is 68.8 Å². The highest BCUT2D eigenvalue weighted by Crippen LogP contribution is 2.27. The molecule has 0 radical (unpaired) electrons. The molecule has 1 aliphatic carbocycles. The van der Waals surface area contributed by atoms with Gasteiger partial charge in [0, 0.05) is 38.6 Å². The van der Waals surface area contributed by atoms with E-state index in [0.717, 1.165) is 32.1 Å². The van der Waals surface area contributed by atoms with Gasteiger partial charge in [-0.05, 0) is 31.2 Å². The monoisotopic (exact) mass is 348 g/mol. The molecule has 1 saturated carbocycles. The Morgan fingerprint density at radius 2 is 1.76 bits per heavy atom. The van der Waals surface area contributed by atoms with Crippen LogP contribution >= 0.6 is 0 Å². The Balaban J connectivity index is 1.52. The van der Waals surface area contributed by atoms with Gasteiger partial charge in [-0.15, -0.1) is 0 Å². The van der Waals surface area contributed by atoms with Crippen LogP contribution in [0.2, 0.25) is 0 Å². The average molecular weight is 348 g/mol. The minimum absolute atomic E-state index is 0.0193. The van der Waals surface area contributed by atoms with Crippen molar-refractivity contribution in [3.05, 3.63) is 18.5 Å². The molecule has 0 spiro atoms. The Bertz CT molecular complexity index is 569. The van der Waals surface area contributed by atoms with Gasteiger partial charge in [-0.25, -0.2) is 0 Å². The number of carbonyl (C=O) groups excluding carboxylic acids is 2. The molecule has 1 aliphatic heterocycles. The summed E-state index contributed by atoms with van der Waals surface area (Å²) in [6, 6.07) is 1.79. The average Bonchev–Trinajstić information content (AvgIpc) is 3.02. The molecule has 3 rings (SSSR count). The first-order valence-electron chi connectivity index (χ1n) is 9.37. The minimum Gasteiger partial charge on any atom is -0.383 e. The number of aliphatic hydroxyl groups is 1.